The monoisotopic (exact) mass is 280 g/mol. The number of nitrogens with two attached hydrogens (primary N) is 2. The van der Waals surface area contributed by atoms with Gasteiger partial charge in [0.05, 0.1) is 11.0 Å². The lowest BCUT2D eigenvalue weighted by atomic mass is 10.1. The molecular formula is C9H20N4O2S2. The van der Waals surface area contributed by atoms with Crippen LogP contribution in [0.4, 0.5) is 0 Å². The van der Waals surface area contributed by atoms with Gasteiger partial charge in [-0.25, -0.2) is 5.14 Å². The summed E-state index contributed by atoms with van der Waals surface area (Å²) in [6, 6.07) is 0.0672. The number of thiocarbonyl (C=S) groups is 1. The van der Waals surface area contributed by atoms with Crippen molar-refractivity contribution in [1.29, 1.82) is 0 Å². The zero-order chi connectivity index (χ0) is 13.1. The van der Waals surface area contributed by atoms with Gasteiger partial charge < -0.3 is 5.73 Å². The summed E-state index contributed by atoms with van der Waals surface area (Å²) in [5, 5.41) is 5.08. The molecule has 1 unspecified atom stereocenters. The quantitative estimate of drug-likeness (QED) is 0.647. The molecule has 1 aliphatic rings. The van der Waals surface area contributed by atoms with Crippen LogP contribution in [-0.2, 0) is 10.2 Å². The molecule has 0 radical (unpaired) electrons. The fourth-order valence-corrected chi connectivity index (χ4v) is 2.99. The Kier molecular flexibility index (Phi) is 5.26. The van der Waals surface area contributed by atoms with E-state index in [4.69, 9.17) is 23.1 Å². The first-order valence-electron chi connectivity index (χ1n) is 5.67. The predicted octanol–water partition coefficient (Wildman–Crippen LogP) is -0.738. The van der Waals surface area contributed by atoms with Crippen LogP contribution in [0.15, 0.2) is 0 Å². The number of rotatable bonds is 5. The topological polar surface area (TPSA) is 92.7 Å². The van der Waals surface area contributed by atoms with Gasteiger partial charge in [-0.15, -0.1) is 0 Å². The van der Waals surface area contributed by atoms with Crippen LogP contribution >= 0.6 is 12.2 Å². The van der Waals surface area contributed by atoms with Gasteiger partial charge in [-0.2, -0.15) is 12.7 Å². The van der Waals surface area contributed by atoms with Crippen molar-refractivity contribution in [3.8, 4) is 0 Å². The van der Waals surface area contributed by atoms with Crippen molar-refractivity contribution >= 4 is 27.4 Å². The van der Waals surface area contributed by atoms with Crippen molar-refractivity contribution in [1.82, 2.24) is 9.21 Å². The highest BCUT2D eigenvalue weighted by Gasteiger charge is 2.28. The number of piperazine rings is 1. The zero-order valence-corrected chi connectivity index (χ0v) is 11.6. The molecule has 1 fully saturated rings. The summed E-state index contributed by atoms with van der Waals surface area (Å²) in [6.45, 7) is 4.13. The lowest BCUT2D eigenvalue weighted by Gasteiger charge is -2.37. The Bertz CT molecular complexity index is 363. The van der Waals surface area contributed by atoms with Crippen molar-refractivity contribution in [3.05, 3.63) is 0 Å². The molecule has 0 aromatic carbocycles. The van der Waals surface area contributed by atoms with E-state index in [1.807, 2.05) is 0 Å². The van der Waals surface area contributed by atoms with Crippen molar-refractivity contribution in [3.63, 3.8) is 0 Å². The Labute approximate surface area is 108 Å². The Balaban J connectivity index is 2.58. The summed E-state index contributed by atoms with van der Waals surface area (Å²) in [7, 11) is -3.56. The van der Waals surface area contributed by atoms with E-state index >= 15 is 0 Å². The maximum absolute atomic E-state index is 11.2. The predicted molar refractivity (Wildman–Crippen MR) is 71.7 cm³/mol. The molecule has 0 aliphatic carbocycles. The Morgan fingerprint density at radius 3 is 2.24 bits per heavy atom. The Morgan fingerprint density at radius 2 is 1.88 bits per heavy atom. The summed E-state index contributed by atoms with van der Waals surface area (Å²) in [4.78, 5) is 2.61. The van der Waals surface area contributed by atoms with E-state index in [0.717, 1.165) is 12.8 Å². The van der Waals surface area contributed by atoms with Crippen LogP contribution in [-0.4, -0.2) is 54.8 Å². The lowest BCUT2D eigenvalue weighted by Crippen LogP contribution is -2.55. The lowest BCUT2D eigenvalue weighted by molar-refractivity contribution is 0.162. The van der Waals surface area contributed by atoms with E-state index in [9.17, 15) is 8.42 Å². The van der Waals surface area contributed by atoms with Gasteiger partial charge in [0.2, 0.25) is 0 Å². The second kappa shape index (κ2) is 6.05. The first kappa shape index (κ1) is 14.8. The minimum absolute atomic E-state index is 0.0672. The molecule has 100 valence electrons. The summed E-state index contributed by atoms with van der Waals surface area (Å²) >= 11 is 5.05. The summed E-state index contributed by atoms with van der Waals surface area (Å²) in [5.74, 6) is 0. The van der Waals surface area contributed by atoms with Gasteiger partial charge in [0.25, 0.3) is 10.2 Å². The number of hydrogen-bond donors (Lipinski definition) is 2. The second-order valence-corrected chi connectivity index (χ2v) is 6.20. The van der Waals surface area contributed by atoms with E-state index in [1.54, 1.807) is 0 Å². The molecule has 4 N–H and O–H groups in total. The summed E-state index contributed by atoms with van der Waals surface area (Å²) in [6.07, 6.45) is 1.90. The third-order valence-corrected chi connectivity index (χ3v) is 4.32. The highest BCUT2D eigenvalue weighted by molar-refractivity contribution is 7.86. The maximum atomic E-state index is 11.2. The van der Waals surface area contributed by atoms with Crippen molar-refractivity contribution in [2.45, 2.75) is 25.8 Å². The third kappa shape index (κ3) is 4.14. The molecule has 0 aromatic heterocycles. The summed E-state index contributed by atoms with van der Waals surface area (Å²) in [5.41, 5.74) is 5.71. The fourth-order valence-electron chi connectivity index (χ4n) is 2.05. The van der Waals surface area contributed by atoms with Crippen molar-refractivity contribution in [2.24, 2.45) is 10.9 Å². The van der Waals surface area contributed by atoms with Gasteiger partial charge in [-0.1, -0.05) is 25.6 Å². The summed E-state index contributed by atoms with van der Waals surface area (Å²) < 4.78 is 23.6. The normalized spacial score (nSPS) is 21.3. The first-order valence-corrected chi connectivity index (χ1v) is 7.58. The minimum atomic E-state index is -3.56. The highest BCUT2D eigenvalue weighted by atomic mass is 32.2. The Morgan fingerprint density at radius 1 is 1.35 bits per heavy atom. The molecule has 1 heterocycles. The molecule has 0 aromatic rings. The van der Waals surface area contributed by atoms with Gasteiger partial charge in [-0.05, 0) is 6.42 Å². The van der Waals surface area contributed by atoms with Crippen LogP contribution in [0.1, 0.15) is 19.8 Å². The van der Waals surface area contributed by atoms with E-state index in [1.165, 1.54) is 4.31 Å². The molecule has 8 heteroatoms. The molecule has 1 rings (SSSR count). The van der Waals surface area contributed by atoms with Crippen molar-refractivity contribution < 1.29 is 8.42 Å². The zero-order valence-electron chi connectivity index (χ0n) is 10.0. The molecule has 1 atom stereocenters. The SMILES string of the molecule is CCCC(C(N)=S)N1CCN(S(N)(=O)=O)CC1. The standard InChI is InChI=1S/C9H20N4O2S2/c1-2-3-8(9(10)16)12-4-6-13(7-5-12)17(11,14)15/h8H,2-7H2,1H3,(H2,10,16)(H2,11,14,15). The van der Waals surface area contributed by atoms with E-state index < -0.39 is 10.2 Å². The number of nitrogens with zero attached hydrogens (tertiary/aromatic N) is 2. The van der Waals surface area contributed by atoms with Gasteiger partial charge in [-0.3, -0.25) is 4.90 Å². The average molecular weight is 280 g/mol. The molecule has 0 saturated carbocycles. The molecule has 1 saturated heterocycles. The van der Waals surface area contributed by atoms with Crippen LogP contribution in [0.2, 0.25) is 0 Å². The van der Waals surface area contributed by atoms with Crippen LogP contribution in [0.25, 0.3) is 0 Å². The van der Waals surface area contributed by atoms with Gasteiger partial charge in [0, 0.05) is 26.2 Å². The van der Waals surface area contributed by atoms with E-state index in [2.05, 4.69) is 11.8 Å². The average Bonchev–Trinajstić information content (AvgIpc) is 2.24. The van der Waals surface area contributed by atoms with Crippen molar-refractivity contribution in [2.75, 3.05) is 26.2 Å². The largest absolute Gasteiger partial charge is 0.392 e. The molecular weight excluding hydrogens is 260 g/mol. The van der Waals surface area contributed by atoms with Crippen LogP contribution in [0.3, 0.4) is 0 Å². The number of hydrogen-bond acceptors (Lipinski definition) is 4. The van der Waals surface area contributed by atoms with Crippen LogP contribution in [0, 0.1) is 0 Å². The molecule has 6 nitrogen and oxygen atoms in total. The van der Waals surface area contributed by atoms with Gasteiger partial charge in [0.1, 0.15) is 0 Å². The third-order valence-electron chi connectivity index (χ3n) is 2.96. The van der Waals surface area contributed by atoms with E-state index in [-0.39, 0.29) is 6.04 Å². The highest BCUT2D eigenvalue weighted by Crippen LogP contribution is 2.12. The van der Waals surface area contributed by atoms with Gasteiger partial charge in [0.15, 0.2) is 0 Å². The maximum Gasteiger partial charge on any atom is 0.276 e. The molecule has 17 heavy (non-hydrogen) atoms. The van der Waals surface area contributed by atoms with E-state index in [0.29, 0.717) is 31.2 Å². The second-order valence-electron chi connectivity index (χ2n) is 4.19. The van der Waals surface area contributed by atoms with Gasteiger partial charge >= 0.3 is 0 Å². The van der Waals surface area contributed by atoms with Crippen LogP contribution in [0.5, 0.6) is 0 Å². The molecule has 0 spiro atoms. The minimum Gasteiger partial charge on any atom is -0.392 e. The molecule has 0 bridgehead atoms. The van der Waals surface area contributed by atoms with Crippen LogP contribution < -0.4 is 10.9 Å². The molecule has 1 aliphatic heterocycles. The fraction of sp³-hybridized carbons (Fsp3) is 0.889. The first-order chi connectivity index (χ1) is 7.86. The Hall–Kier alpha value is -0.280. The smallest absolute Gasteiger partial charge is 0.276 e. The molecule has 0 amide bonds.